The highest BCUT2D eigenvalue weighted by molar-refractivity contribution is 7.90. The first-order valence-electron chi connectivity index (χ1n) is 9.80. The average molecular weight is 455 g/mol. The summed E-state index contributed by atoms with van der Waals surface area (Å²) in [5.41, 5.74) is -0.452. The Morgan fingerprint density at radius 2 is 2.13 bits per heavy atom. The summed E-state index contributed by atoms with van der Waals surface area (Å²) >= 11 is 0. The standard InChI is InChI=1S/C20H23F2N3O5S/c1-11(19(3,21)22)29-16-6-5-14(31(4,27)28)7-15(16)17(26)25-9-13-8-20(13,10-25)18-23-12(2)30-24-18/h5-7,11,13H,8-10H2,1-4H3. The predicted octanol–water partition coefficient (Wildman–Crippen LogP) is 2.62. The Morgan fingerprint density at radius 3 is 2.71 bits per heavy atom. The van der Waals surface area contributed by atoms with Crippen LogP contribution in [0.15, 0.2) is 27.6 Å². The van der Waals surface area contributed by atoms with Crippen molar-refractivity contribution in [2.24, 2.45) is 5.92 Å². The van der Waals surface area contributed by atoms with Gasteiger partial charge in [0, 0.05) is 33.2 Å². The molecule has 0 N–H and O–H groups in total. The number of halogens is 2. The monoisotopic (exact) mass is 455 g/mol. The second-order valence-electron chi connectivity index (χ2n) is 8.53. The van der Waals surface area contributed by atoms with Crippen molar-refractivity contribution >= 4 is 15.7 Å². The van der Waals surface area contributed by atoms with Crippen LogP contribution in [-0.2, 0) is 15.3 Å². The molecule has 31 heavy (non-hydrogen) atoms. The van der Waals surface area contributed by atoms with Gasteiger partial charge in [-0.05, 0) is 37.5 Å². The first kappa shape index (κ1) is 21.7. The van der Waals surface area contributed by atoms with Gasteiger partial charge in [-0.2, -0.15) is 4.98 Å². The van der Waals surface area contributed by atoms with Gasteiger partial charge in [-0.25, -0.2) is 17.2 Å². The lowest BCUT2D eigenvalue weighted by atomic mass is 10.1. The van der Waals surface area contributed by atoms with E-state index in [1.165, 1.54) is 25.1 Å². The fourth-order valence-electron chi connectivity index (χ4n) is 3.96. The third kappa shape index (κ3) is 3.90. The maximum absolute atomic E-state index is 13.7. The maximum atomic E-state index is 13.7. The van der Waals surface area contributed by atoms with Crippen molar-refractivity contribution in [3.8, 4) is 5.75 Å². The van der Waals surface area contributed by atoms with Gasteiger partial charge in [0.15, 0.2) is 21.8 Å². The Kier molecular flexibility index (Phi) is 4.87. The van der Waals surface area contributed by atoms with Gasteiger partial charge in [0.2, 0.25) is 5.89 Å². The Labute approximate surface area is 178 Å². The van der Waals surface area contributed by atoms with Gasteiger partial charge in [-0.15, -0.1) is 0 Å². The molecule has 3 atom stereocenters. The molecule has 168 valence electrons. The number of aryl methyl sites for hydroxylation is 1. The number of benzene rings is 1. The number of carbonyl (C=O) groups is 1. The van der Waals surface area contributed by atoms with Crippen LogP contribution in [0.4, 0.5) is 8.78 Å². The summed E-state index contributed by atoms with van der Waals surface area (Å²) in [6, 6.07) is 3.68. The topological polar surface area (TPSA) is 103 Å². The number of sulfone groups is 1. The molecule has 0 radical (unpaired) electrons. The largest absolute Gasteiger partial charge is 0.484 e. The molecule has 2 fully saturated rings. The van der Waals surface area contributed by atoms with E-state index in [0.29, 0.717) is 31.7 Å². The molecule has 1 aromatic heterocycles. The molecular weight excluding hydrogens is 432 g/mol. The normalized spacial score (nSPS) is 24.1. The fraction of sp³-hybridized carbons (Fsp3) is 0.550. The summed E-state index contributed by atoms with van der Waals surface area (Å²) in [5, 5.41) is 4.00. The summed E-state index contributed by atoms with van der Waals surface area (Å²) in [6.45, 7) is 4.35. The minimum Gasteiger partial charge on any atom is -0.484 e. The van der Waals surface area contributed by atoms with Crippen molar-refractivity contribution in [1.29, 1.82) is 0 Å². The van der Waals surface area contributed by atoms with E-state index in [-0.39, 0.29) is 27.5 Å². The highest BCUT2D eigenvalue weighted by Crippen LogP contribution is 2.58. The van der Waals surface area contributed by atoms with Crippen LogP contribution in [0.5, 0.6) is 5.75 Å². The highest BCUT2D eigenvalue weighted by atomic mass is 32.2. The van der Waals surface area contributed by atoms with E-state index in [9.17, 15) is 22.0 Å². The van der Waals surface area contributed by atoms with Gasteiger partial charge >= 0.3 is 0 Å². The molecule has 8 nitrogen and oxygen atoms in total. The number of nitrogens with zero attached hydrogens (tertiary/aromatic N) is 3. The molecule has 4 rings (SSSR count). The first-order chi connectivity index (χ1) is 14.3. The van der Waals surface area contributed by atoms with E-state index < -0.39 is 27.8 Å². The zero-order chi connectivity index (χ0) is 22.8. The maximum Gasteiger partial charge on any atom is 0.281 e. The summed E-state index contributed by atoms with van der Waals surface area (Å²) < 4.78 is 61.8. The molecule has 3 unspecified atom stereocenters. The van der Waals surface area contributed by atoms with E-state index in [2.05, 4.69) is 10.1 Å². The Hall–Kier alpha value is -2.56. The van der Waals surface area contributed by atoms with E-state index in [1.807, 2.05) is 0 Å². The van der Waals surface area contributed by atoms with Crippen LogP contribution in [0.3, 0.4) is 0 Å². The number of aromatic nitrogens is 2. The van der Waals surface area contributed by atoms with E-state index in [1.54, 1.807) is 11.8 Å². The van der Waals surface area contributed by atoms with Gasteiger partial charge in [0.25, 0.3) is 11.8 Å². The Balaban J connectivity index is 1.65. The van der Waals surface area contributed by atoms with Gasteiger partial charge in [-0.1, -0.05) is 5.16 Å². The third-order valence-corrected chi connectivity index (χ3v) is 7.14. The minimum atomic E-state index is -3.62. The molecule has 1 saturated heterocycles. The zero-order valence-corrected chi connectivity index (χ0v) is 18.4. The SMILES string of the molecule is Cc1nc(C23CC2CN(C(=O)c2cc(S(C)(=O)=O)ccc2OC(C)C(C)(F)F)C3)no1. The van der Waals surface area contributed by atoms with Crippen molar-refractivity contribution in [3.05, 3.63) is 35.5 Å². The second-order valence-corrected chi connectivity index (χ2v) is 10.5. The summed E-state index contributed by atoms with van der Waals surface area (Å²) in [5.74, 6) is -2.58. The number of ether oxygens (including phenoxy) is 1. The van der Waals surface area contributed by atoms with E-state index in [4.69, 9.17) is 9.26 Å². The number of likely N-dealkylation sites (tertiary alicyclic amines) is 1. The minimum absolute atomic E-state index is 0.0697. The second kappa shape index (κ2) is 6.98. The first-order valence-corrected chi connectivity index (χ1v) is 11.7. The van der Waals surface area contributed by atoms with E-state index in [0.717, 1.165) is 12.7 Å². The number of carbonyl (C=O) groups excluding carboxylic acids is 1. The van der Waals surface area contributed by atoms with Crippen LogP contribution in [0.25, 0.3) is 0 Å². The molecule has 2 heterocycles. The molecule has 2 aliphatic rings. The number of fused-ring (bicyclic) bond motifs is 1. The molecule has 1 aliphatic carbocycles. The van der Waals surface area contributed by atoms with Crippen molar-refractivity contribution < 1.29 is 31.3 Å². The molecule has 1 aliphatic heterocycles. The van der Waals surface area contributed by atoms with Gasteiger partial charge in [0.1, 0.15) is 5.75 Å². The third-order valence-electron chi connectivity index (χ3n) is 6.03. The number of hydrogen-bond acceptors (Lipinski definition) is 7. The molecule has 1 saturated carbocycles. The number of amides is 1. The van der Waals surface area contributed by atoms with Gasteiger partial charge in [0.05, 0.1) is 15.9 Å². The van der Waals surface area contributed by atoms with Crippen molar-refractivity contribution in [1.82, 2.24) is 15.0 Å². The van der Waals surface area contributed by atoms with Crippen LogP contribution in [-0.4, -0.2) is 60.7 Å². The van der Waals surface area contributed by atoms with Crippen molar-refractivity contribution in [3.63, 3.8) is 0 Å². The van der Waals surface area contributed by atoms with Crippen LogP contribution in [0.2, 0.25) is 0 Å². The predicted molar refractivity (Wildman–Crippen MR) is 105 cm³/mol. The van der Waals surface area contributed by atoms with Gasteiger partial charge in [-0.3, -0.25) is 4.79 Å². The lowest BCUT2D eigenvalue weighted by Crippen LogP contribution is -2.35. The lowest BCUT2D eigenvalue weighted by Gasteiger charge is -2.25. The average Bonchev–Trinajstić information content (AvgIpc) is 2.99. The van der Waals surface area contributed by atoms with Crippen molar-refractivity contribution in [2.75, 3.05) is 19.3 Å². The summed E-state index contributed by atoms with van der Waals surface area (Å²) in [6.07, 6.45) is 0.323. The lowest BCUT2D eigenvalue weighted by molar-refractivity contribution is -0.0720. The van der Waals surface area contributed by atoms with E-state index >= 15 is 0 Å². The van der Waals surface area contributed by atoms with Gasteiger partial charge < -0.3 is 14.2 Å². The zero-order valence-electron chi connectivity index (χ0n) is 17.6. The molecule has 1 amide bonds. The summed E-state index contributed by atoms with van der Waals surface area (Å²) in [7, 11) is -3.62. The molecule has 0 spiro atoms. The number of rotatable bonds is 6. The number of hydrogen-bond donors (Lipinski definition) is 0. The number of alkyl halides is 2. The summed E-state index contributed by atoms with van der Waals surface area (Å²) in [4.78, 5) is 19.1. The highest BCUT2D eigenvalue weighted by Gasteiger charge is 2.64. The molecule has 2 aromatic rings. The van der Waals surface area contributed by atoms with Crippen LogP contribution >= 0.6 is 0 Å². The Bertz CT molecular complexity index is 1140. The molecule has 0 bridgehead atoms. The van der Waals surface area contributed by atoms with Crippen LogP contribution in [0, 0.1) is 12.8 Å². The van der Waals surface area contributed by atoms with Crippen LogP contribution < -0.4 is 4.74 Å². The smallest absolute Gasteiger partial charge is 0.281 e. The van der Waals surface area contributed by atoms with Crippen LogP contribution in [0.1, 0.15) is 42.3 Å². The number of piperidine rings is 1. The molecule has 11 heteroatoms. The Morgan fingerprint density at radius 1 is 1.42 bits per heavy atom. The molecule has 1 aromatic carbocycles. The molecular formula is C20H23F2N3O5S. The van der Waals surface area contributed by atoms with Crippen molar-refractivity contribution in [2.45, 2.75) is 49.5 Å². The fourth-order valence-corrected chi connectivity index (χ4v) is 4.61. The quantitative estimate of drug-likeness (QED) is 0.660.